The Morgan fingerprint density at radius 1 is 1.38 bits per heavy atom. The molecule has 0 N–H and O–H groups in total. The SMILES string of the molecule is CCCC#CC(=O)[C@H]1O[C@@H]1c1ccccc1. The number of carbonyl (C=O) groups is 1. The lowest BCUT2D eigenvalue weighted by Crippen LogP contribution is -2.04. The summed E-state index contributed by atoms with van der Waals surface area (Å²) in [6, 6.07) is 9.78. The number of epoxide rings is 1. The fraction of sp³-hybridized carbons (Fsp3) is 0.357. The number of carbonyl (C=O) groups excluding carboxylic acids is 1. The summed E-state index contributed by atoms with van der Waals surface area (Å²) in [5.74, 6) is 5.38. The van der Waals surface area contributed by atoms with Crippen LogP contribution < -0.4 is 0 Å². The number of unbranched alkanes of at least 4 members (excludes halogenated alkanes) is 1. The molecule has 0 radical (unpaired) electrons. The minimum absolute atomic E-state index is 0.0790. The predicted octanol–water partition coefficient (Wildman–Crippen LogP) is 2.50. The van der Waals surface area contributed by atoms with E-state index >= 15 is 0 Å². The molecule has 2 rings (SSSR count). The maximum absolute atomic E-state index is 11.6. The van der Waals surface area contributed by atoms with E-state index in [4.69, 9.17) is 4.74 Å². The van der Waals surface area contributed by atoms with Crippen LogP contribution in [-0.4, -0.2) is 11.9 Å². The van der Waals surface area contributed by atoms with Crippen molar-refractivity contribution in [2.75, 3.05) is 0 Å². The van der Waals surface area contributed by atoms with Gasteiger partial charge in [-0.05, 0) is 17.9 Å². The summed E-state index contributed by atoms with van der Waals surface area (Å²) in [6.07, 6.45) is 1.33. The van der Waals surface area contributed by atoms with Crippen LogP contribution in [0.3, 0.4) is 0 Å². The lowest BCUT2D eigenvalue weighted by atomic mass is 10.1. The summed E-state index contributed by atoms with van der Waals surface area (Å²) in [6.45, 7) is 2.04. The number of hydrogen-bond acceptors (Lipinski definition) is 2. The highest BCUT2D eigenvalue weighted by Gasteiger charge is 2.45. The van der Waals surface area contributed by atoms with Crippen LogP contribution in [0.5, 0.6) is 0 Å². The first-order valence-corrected chi connectivity index (χ1v) is 5.56. The molecule has 16 heavy (non-hydrogen) atoms. The second-order valence-corrected chi connectivity index (χ2v) is 3.80. The maximum atomic E-state index is 11.6. The molecular weight excluding hydrogens is 200 g/mol. The normalized spacial score (nSPS) is 22.1. The van der Waals surface area contributed by atoms with Crippen LogP contribution in [0.25, 0.3) is 0 Å². The molecule has 1 aliphatic rings. The highest BCUT2D eigenvalue weighted by Crippen LogP contribution is 2.38. The van der Waals surface area contributed by atoms with E-state index in [0.717, 1.165) is 18.4 Å². The Morgan fingerprint density at radius 3 is 2.81 bits per heavy atom. The van der Waals surface area contributed by atoms with Crippen molar-refractivity contribution in [1.29, 1.82) is 0 Å². The monoisotopic (exact) mass is 214 g/mol. The van der Waals surface area contributed by atoms with Crippen LogP contribution in [0, 0.1) is 11.8 Å². The number of ether oxygens (including phenoxy) is 1. The lowest BCUT2D eigenvalue weighted by Gasteiger charge is -1.91. The second-order valence-electron chi connectivity index (χ2n) is 3.80. The van der Waals surface area contributed by atoms with E-state index in [0.29, 0.717) is 0 Å². The molecule has 0 aromatic heterocycles. The Labute approximate surface area is 95.6 Å². The minimum Gasteiger partial charge on any atom is -0.355 e. The molecule has 1 fully saturated rings. The Kier molecular flexibility index (Phi) is 3.38. The number of ketones is 1. The van der Waals surface area contributed by atoms with Crippen LogP contribution in [0.4, 0.5) is 0 Å². The van der Waals surface area contributed by atoms with Gasteiger partial charge in [0.05, 0.1) is 0 Å². The Bertz CT molecular complexity index is 425. The fourth-order valence-electron chi connectivity index (χ4n) is 1.55. The van der Waals surface area contributed by atoms with Gasteiger partial charge in [-0.25, -0.2) is 0 Å². The van der Waals surface area contributed by atoms with Crippen LogP contribution in [0.1, 0.15) is 31.4 Å². The summed E-state index contributed by atoms with van der Waals surface area (Å²) in [4.78, 5) is 11.6. The van der Waals surface area contributed by atoms with E-state index in [9.17, 15) is 4.79 Å². The van der Waals surface area contributed by atoms with E-state index in [2.05, 4.69) is 11.8 Å². The van der Waals surface area contributed by atoms with E-state index in [1.165, 1.54) is 0 Å². The highest BCUT2D eigenvalue weighted by molar-refractivity contribution is 6.01. The van der Waals surface area contributed by atoms with Gasteiger partial charge in [0.25, 0.3) is 0 Å². The third-order valence-electron chi connectivity index (χ3n) is 2.46. The molecule has 0 amide bonds. The molecule has 2 nitrogen and oxygen atoms in total. The van der Waals surface area contributed by atoms with Gasteiger partial charge >= 0.3 is 0 Å². The van der Waals surface area contributed by atoms with Crippen molar-refractivity contribution in [3.8, 4) is 11.8 Å². The first kappa shape index (κ1) is 10.9. The largest absolute Gasteiger partial charge is 0.355 e. The highest BCUT2D eigenvalue weighted by atomic mass is 16.6. The zero-order valence-electron chi connectivity index (χ0n) is 9.27. The lowest BCUT2D eigenvalue weighted by molar-refractivity contribution is -0.114. The van der Waals surface area contributed by atoms with Crippen molar-refractivity contribution in [2.45, 2.75) is 32.0 Å². The molecule has 0 spiro atoms. The Balaban J connectivity index is 1.93. The fourth-order valence-corrected chi connectivity index (χ4v) is 1.55. The van der Waals surface area contributed by atoms with Gasteiger partial charge in [0.15, 0.2) is 6.10 Å². The molecule has 0 saturated carbocycles. The number of rotatable bonds is 3. The summed E-state index contributed by atoms with van der Waals surface area (Å²) >= 11 is 0. The Morgan fingerprint density at radius 2 is 2.12 bits per heavy atom. The number of hydrogen-bond donors (Lipinski definition) is 0. The molecule has 1 saturated heterocycles. The second kappa shape index (κ2) is 4.96. The Hall–Kier alpha value is -1.59. The quantitative estimate of drug-likeness (QED) is 0.439. The topological polar surface area (TPSA) is 29.6 Å². The molecular formula is C14H14O2. The molecule has 2 heteroatoms. The van der Waals surface area contributed by atoms with E-state index in [1.54, 1.807) is 0 Å². The molecule has 0 unspecified atom stereocenters. The van der Waals surface area contributed by atoms with Crippen molar-refractivity contribution in [2.24, 2.45) is 0 Å². The van der Waals surface area contributed by atoms with Gasteiger partial charge in [-0.2, -0.15) is 0 Å². The average molecular weight is 214 g/mol. The molecule has 1 heterocycles. The van der Waals surface area contributed by atoms with E-state index < -0.39 is 0 Å². The van der Waals surface area contributed by atoms with Gasteiger partial charge in [0, 0.05) is 6.42 Å². The van der Waals surface area contributed by atoms with Gasteiger partial charge < -0.3 is 4.74 Å². The number of benzene rings is 1. The predicted molar refractivity (Wildman–Crippen MR) is 61.7 cm³/mol. The van der Waals surface area contributed by atoms with Crippen LogP contribution in [-0.2, 0) is 9.53 Å². The third kappa shape index (κ3) is 2.50. The van der Waals surface area contributed by atoms with E-state index in [-0.39, 0.29) is 18.0 Å². The average Bonchev–Trinajstić information content (AvgIpc) is 3.10. The van der Waals surface area contributed by atoms with Crippen molar-refractivity contribution in [3.63, 3.8) is 0 Å². The van der Waals surface area contributed by atoms with Gasteiger partial charge in [0.1, 0.15) is 6.10 Å². The number of Topliss-reactive ketones (excluding diaryl/α,β-unsaturated/α-hetero) is 1. The zero-order chi connectivity index (χ0) is 11.4. The summed E-state index contributed by atoms with van der Waals surface area (Å²) in [7, 11) is 0. The van der Waals surface area contributed by atoms with Crippen LogP contribution in [0.2, 0.25) is 0 Å². The molecule has 0 bridgehead atoms. The minimum atomic E-state index is -0.341. The van der Waals surface area contributed by atoms with E-state index in [1.807, 2.05) is 37.3 Å². The van der Waals surface area contributed by atoms with Crippen molar-refractivity contribution < 1.29 is 9.53 Å². The van der Waals surface area contributed by atoms with Crippen LogP contribution in [0.15, 0.2) is 30.3 Å². The maximum Gasteiger partial charge on any atom is 0.237 e. The van der Waals surface area contributed by atoms with Crippen molar-refractivity contribution >= 4 is 5.78 Å². The first-order valence-electron chi connectivity index (χ1n) is 5.56. The molecule has 1 aromatic rings. The van der Waals surface area contributed by atoms with Gasteiger partial charge in [-0.3, -0.25) is 4.79 Å². The standard InChI is InChI=1S/C14H14O2/c1-2-3-5-10-12(15)14-13(16-14)11-8-6-4-7-9-11/h4,6-9,13-14H,2-3H2,1H3/t13-,14-/m1/s1. The molecule has 2 atom stereocenters. The molecule has 0 aliphatic carbocycles. The van der Waals surface area contributed by atoms with Crippen molar-refractivity contribution in [1.82, 2.24) is 0 Å². The molecule has 1 aromatic carbocycles. The smallest absolute Gasteiger partial charge is 0.237 e. The first-order chi connectivity index (χ1) is 7.83. The summed E-state index contributed by atoms with van der Waals surface area (Å²) in [5, 5.41) is 0. The molecule has 82 valence electrons. The summed E-state index contributed by atoms with van der Waals surface area (Å²) in [5.41, 5.74) is 1.05. The van der Waals surface area contributed by atoms with Crippen molar-refractivity contribution in [3.05, 3.63) is 35.9 Å². The van der Waals surface area contributed by atoms with Gasteiger partial charge in [-0.1, -0.05) is 43.2 Å². The zero-order valence-corrected chi connectivity index (χ0v) is 9.27. The van der Waals surface area contributed by atoms with Gasteiger partial charge in [0.2, 0.25) is 5.78 Å². The summed E-state index contributed by atoms with van der Waals surface area (Å²) < 4.78 is 5.34. The van der Waals surface area contributed by atoms with Crippen LogP contribution >= 0.6 is 0 Å². The van der Waals surface area contributed by atoms with Gasteiger partial charge in [-0.15, -0.1) is 0 Å². The third-order valence-corrected chi connectivity index (χ3v) is 2.46. The molecule has 1 aliphatic heterocycles.